The van der Waals surface area contributed by atoms with Crippen LogP contribution in [0.1, 0.15) is 95.0 Å². The third kappa shape index (κ3) is 7.90. The molecule has 0 unspecified atom stereocenters. The monoisotopic (exact) mass is 624 g/mol. The van der Waals surface area contributed by atoms with Crippen molar-refractivity contribution in [3.63, 3.8) is 0 Å². The molecule has 8 heteroatoms. The van der Waals surface area contributed by atoms with Crippen molar-refractivity contribution in [3.05, 3.63) is 77.6 Å². The first-order chi connectivity index (χ1) is 22.4. The number of carboxylic acid groups (broad SMARTS) is 1. The molecule has 1 heterocycles. The second-order valence-electron chi connectivity index (χ2n) is 12.5. The molecule has 0 radical (unpaired) electrons. The number of benzene rings is 3. The predicted molar refractivity (Wildman–Crippen MR) is 185 cm³/mol. The number of fused-ring (bicyclic) bond motifs is 1. The molecule has 0 atom stereocenters. The molecule has 244 valence electrons. The van der Waals surface area contributed by atoms with Gasteiger partial charge in [0.15, 0.2) is 0 Å². The van der Waals surface area contributed by atoms with Gasteiger partial charge < -0.3 is 19.7 Å². The van der Waals surface area contributed by atoms with E-state index in [9.17, 15) is 14.7 Å². The van der Waals surface area contributed by atoms with Gasteiger partial charge in [0, 0.05) is 36.8 Å². The molecule has 3 aromatic carbocycles. The van der Waals surface area contributed by atoms with E-state index in [4.69, 9.17) is 9.72 Å². The number of rotatable bonds is 13. The van der Waals surface area contributed by atoms with Crippen LogP contribution in [-0.4, -0.2) is 39.4 Å². The lowest BCUT2D eigenvalue weighted by Gasteiger charge is -2.34. The maximum absolute atomic E-state index is 13.8. The molecule has 5 rings (SSSR count). The zero-order valence-electron chi connectivity index (χ0n) is 27.6. The van der Waals surface area contributed by atoms with Gasteiger partial charge in [-0.2, -0.15) is 0 Å². The Morgan fingerprint density at radius 3 is 2.46 bits per heavy atom. The first-order valence-corrected chi connectivity index (χ1v) is 17.1. The van der Waals surface area contributed by atoms with Crippen LogP contribution in [0.5, 0.6) is 5.75 Å². The molecule has 1 aliphatic carbocycles. The number of anilines is 1. The number of para-hydroxylation sites is 1. The molecular weight excluding hydrogens is 576 g/mol. The molecule has 8 nitrogen and oxygen atoms in total. The van der Waals surface area contributed by atoms with E-state index < -0.39 is 6.16 Å². The van der Waals surface area contributed by atoms with Crippen LogP contribution in [0.25, 0.3) is 22.2 Å². The molecule has 0 spiro atoms. The Hall–Kier alpha value is -4.33. The van der Waals surface area contributed by atoms with Gasteiger partial charge in [-0.05, 0) is 67.5 Å². The smallest absolute Gasteiger partial charge is 0.449 e. The fraction of sp³-hybridized carbons (Fsp3) is 0.447. The Bertz CT molecular complexity index is 1620. The van der Waals surface area contributed by atoms with Crippen molar-refractivity contribution >= 4 is 28.9 Å². The van der Waals surface area contributed by atoms with E-state index in [1.54, 1.807) is 12.1 Å². The van der Waals surface area contributed by atoms with Crippen LogP contribution in [0.2, 0.25) is 0 Å². The van der Waals surface area contributed by atoms with Crippen molar-refractivity contribution in [2.45, 2.75) is 104 Å². The molecule has 0 saturated heterocycles. The number of carbonyl (C=O) groups is 2. The average molecular weight is 625 g/mol. The second kappa shape index (κ2) is 15.8. The third-order valence-corrected chi connectivity index (χ3v) is 9.02. The van der Waals surface area contributed by atoms with E-state index in [2.05, 4.69) is 54.9 Å². The molecule has 1 aliphatic rings. The number of imidazole rings is 1. The fourth-order valence-corrected chi connectivity index (χ4v) is 6.68. The Morgan fingerprint density at radius 2 is 1.74 bits per heavy atom. The van der Waals surface area contributed by atoms with Crippen LogP contribution in [0.15, 0.2) is 60.7 Å². The van der Waals surface area contributed by atoms with Crippen molar-refractivity contribution in [1.29, 1.82) is 0 Å². The fourth-order valence-electron chi connectivity index (χ4n) is 6.68. The Kier molecular flexibility index (Phi) is 11.3. The molecular formula is C38H48N4O4. The van der Waals surface area contributed by atoms with Crippen LogP contribution >= 0.6 is 0 Å². The summed E-state index contributed by atoms with van der Waals surface area (Å²) in [7, 11) is 0. The number of aromatic nitrogens is 2. The summed E-state index contributed by atoms with van der Waals surface area (Å²) < 4.78 is 7.32. The number of nitrogens with one attached hydrogen (secondary N) is 1. The highest BCUT2D eigenvalue weighted by Crippen LogP contribution is 2.34. The van der Waals surface area contributed by atoms with Crippen LogP contribution in [0.3, 0.4) is 0 Å². The zero-order valence-corrected chi connectivity index (χ0v) is 27.6. The summed E-state index contributed by atoms with van der Waals surface area (Å²) in [6, 6.07) is 19.8. The van der Waals surface area contributed by atoms with Crippen molar-refractivity contribution in [3.8, 4) is 16.9 Å². The highest BCUT2D eigenvalue weighted by molar-refractivity contribution is 5.96. The van der Waals surface area contributed by atoms with E-state index in [1.165, 1.54) is 19.3 Å². The quantitative estimate of drug-likeness (QED) is 0.0877. The lowest BCUT2D eigenvalue weighted by Crippen LogP contribution is -2.47. The van der Waals surface area contributed by atoms with Crippen molar-refractivity contribution in [1.82, 2.24) is 14.9 Å². The summed E-state index contributed by atoms with van der Waals surface area (Å²) in [5.74, 6) is 1.34. The van der Waals surface area contributed by atoms with Gasteiger partial charge in [0.1, 0.15) is 11.6 Å². The number of hydrogen-bond acceptors (Lipinski definition) is 4. The predicted octanol–water partition coefficient (Wildman–Crippen LogP) is 9.50. The lowest BCUT2D eigenvalue weighted by molar-refractivity contribution is 0.144. The number of nitrogens with zero attached hydrogens (tertiary/aromatic N) is 3. The highest BCUT2D eigenvalue weighted by atomic mass is 16.7. The summed E-state index contributed by atoms with van der Waals surface area (Å²) in [6.07, 6.45) is 10.6. The number of carbonyl (C=O) groups excluding carboxylic acids is 1. The van der Waals surface area contributed by atoms with E-state index in [1.807, 2.05) is 29.2 Å². The normalized spacial score (nSPS) is 13.5. The average Bonchev–Trinajstić information content (AvgIpc) is 3.39. The van der Waals surface area contributed by atoms with Gasteiger partial charge in [-0.15, -0.1) is 0 Å². The molecule has 1 aromatic heterocycles. The van der Waals surface area contributed by atoms with Gasteiger partial charge in [0.2, 0.25) is 0 Å². The minimum atomic E-state index is -1.33. The summed E-state index contributed by atoms with van der Waals surface area (Å²) in [6.45, 7) is 7.81. The van der Waals surface area contributed by atoms with E-state index >= 15 is 0 Å². The maximum atomic E-state index is 13.8. The Labute approximate surface area is 272 Å². The number of hydrogen-bond donors (Lipinski definition) is 2. The molecule has 1 fully saturated rings. The highest BCUT2D eigenvalue weighted by Gasteiger charge is 2.28. The van der Waals surface area contributed by atoms with E-state index in [0.29, 0.717) is 18.8 Å². The Balaban J connectivity index is 1.47. The largest absolute Gasteiger partial charge is 0.511 e. The second-order valence-corrected chi connectivity index (χ2v) is 12.5. The lowest BCUT2D eigenvalue weighted by atomic mass is 9.93. The van der Waals surface area contributed by atoms with Crippen LogP contribution in [-0.2, 0) is 13.0 Å². The van der Waals surface area contributed by atoms with Gasteiger partial charge in [0.05, 0.1) is 11.0 Å². The molecule has 0 aliphatic heterocycles. The standard InChI is InChI=1S/C38H48N4O4/c1-4-6-7-13-23-39-37(43)42(30-15-9-8-10-16-30)31-24-27(3)36-33(25-31)41(35(40-36)14-5-2)26-28-19-21-29(22-20-28)32-17-11-12-18-34(32)46-38(44)45/h11-12,17-22,24-25,30H,4-10,13-16,23,26H2,1-3H3,(H,39,43)(H,44,45). The van der Waals surface area contributed by atoms with Crippen molar-refractivity contribution in [2.75, 3.05) is 11.4 Å². The molecule has 2 amide bonds. The summed E-state index contributed by atoms with van der Waals surface area (Å²) in [5.41, 5.74) is 6.75. The Morgan fingerprint density at radius 1 is 0.978 bits per heavy atom. The summed E-state index contributed by atoms with van der Waals surface area (Å²) in [5, 5.41) is 12.4. The number of amides is 2. The first-order valence-electron chi connectivity index (χ1n) is 17.1. The number of urea groups is 1. The first kappa shape index (κ1) is 33.0. The van der Waals surface area contributed by atoms with Gasteiger partial charge in [-0.25, -0.2) is 14.6 Å². The van der Waals surface area contributed by atoms with Gasteiger partial charge in [0.25, 0.3) is 0 Å². The zero-order chi connectivity index (χ0) is 32.5. The molecule has 2 N–H and O–H groups in total. The van der Waals surface area contributed by atoms with Crippen molar-refractivity contribution < 1.29 is 19.4 Å². The molecule has 1 saturated carbocycles. The van der Waals surface area contributed by atoms with Crippen LogP contribution in [0.4, 0.5) is 15.3 Å². The third-order valence-electron chi connectivity index (χ3n) is 9.02. The minimum Gasteiger partial charge on any atom is -0.449 e. The number of ether oxygens (including phenoxy) is 1. The van der Waals surface area contributed by atoms with Gasteiger partial charge in [-0.3, -0.25) is 4.90 Å². The summed E-state index contributed by atoms with van der Waals surface area (Å²) in [4.78, 5) is 32.2. The summed E-state index contributed by atoms with van der Waals surface area (Å²) >= 11 is 0. The minimum absolute atomic E-state index is 0.00439. The van der Waals surface area contributed by atoms with Crippen LogP contribution in [0, 0.1) is 6.92 Å². The van der Waals surface area contributed by atoms with Crippen molar-refractivity contribution in [2.24, 2.45) is 0 Å². The molecule has 46 heavy (non-hydrogen) atoms. The van der Waals surface area contributed by atoms with E-state index in [0.717, 1.165) is 96.2 Å². The number of unbranched alkanes of at least 4 members (excludes halogenated alkanes) is 3. The van der Waals surface area contributed by atoms with Gasteiger partial charge in [-0.1, -0.05) is 94.8 Å². The van der Waals surface area contributed by atoms with Gasteiger partial charge >= 0.3 is 12.2 Å². The molecule has 4 aromatic rings. The SMILES string of the molecule is CCCCCCNC(=O)N(c1cc(C)c2nc(CCC)n(Cc3ccc(-c4ccccc4OC(=O)O)cc3)c2c1)C1CCCCC1. The maximum Gasteiger partial charge on any atom is 0.511 e. The molecule has 0 bridgehead atoms. The topological polar surface area (TPSA) is 96.7 Å². The van der Waals surface area contributed by atoms with E-state index in [-0.39, 0.29) is 12.1 Å². The number of aryl methyl sites for hydroxylation is 2. The van der Waals surface area contributed by atoms with Crippen LogP contribution < -0.4 is 15.0 Å².